The highest BCUT2D eigenvalue weighted by atomic mass is 16.4. The van der Waals surface area contributed by atoms with E-state index in [4.69, 9.17) is 28.3 Å². The number of nitrogens with two attached hydrogens (primary N) is 4. The molecule has 0 heterocycles. The summed E-state index contributed by atoms with van der Waals surface area (Å²) in [6.45, 7) is 3.74. The van der Waals surface area contributed by atoms with Crippen LogP contribution in [-0.4, -0.2) is 83.6 Å². The molecule has 17 nitrogen and oxygen atoms in total. The molecule has 51 heavy (non-hydrogen) atoms. The third kappa shape index (κ3) is 15.3. The molecule has 0 radical (unpaired) electrons. The smallest absolute Gasteiger partial charge is 0.303 e. The summed E-state index contributed by atoms with van der Waals surface area (Å²) in [7, 11) is 0. The third-order valence-electron chi connectivity index (χ3n) is 8.57. The molecule has 1 aromatic carbocycles. The summed E-state index contributed by atoms with van der Waals surface area (Å²) in [5.74, 6) is -6.58. The first-order chi connectivity index (χ1) is 24.2. The fourth-order valence-corrected chi connectivity index (χ4v) is 5.78. The molecule has 4 atom stereocenters. The molecule has 0 bridgehead atoms. The predicted molar refractivity (Wildman–Crippen MR) is 191 cm³/mol. The molecule has 1 fully saturated rings. The Balaban J connectivity index is 2.32. The number of amidine groups is 1. The van der Waals surface area contributed by atoms with Gasteiger partial charge in [-0.1, -0.05) is 62.4 Å². The van der Waals surface area contributed by atoms with Crippen molar-refractivity contribution in [3.05, 3.63) is 48.0 Å². The lowest BCUT2D eigenvalue weighted by molar-refractivity contribution is -0.140. The van der Waals surface area contributed by atoms with Crippen molar-refractivity contribution in [3.63, 3.8) is 0 Å². The molecule has 1 unspecified atom stereocenters. The topological polar surface area (TPSA) is 311 Å². The highest BCUT2D eigenvalue weighted by Crippen LogP contribution is 2.27. The summed E-state index contributed by atoms with van der Waals surface area (Å²) in [5.41, 5.74) is 23.0. The SMILES string of the molecule is C=CCNC(=O)C(Cc1ccc(C(=N)N)cc1)C(=O)N[C@@H](CCC(=O)O)C(=O)N[C@@H](CCCN=C(N)N)C(=O)N[C@@H](CC1CCCCC1)C(N)=O. The van der Waals surface area contributed by atoms with Gasteiger partial charge in [-0.15, -0.1) is 6.58 Å². The molecule has 1 aliphatic carbocycles. The molecule has 1 saturated carbocycles. The van der Waals surface area contributed by atoms with E-state index in [1.807, 2.05) is 0 Å². The lowest BCUT2D eigenvalue weighted by atomic mass is 9.84. The molecule has 0 aromatic heterocycles. The Morgan fingerprint density at radius 2 is 1.45 bits per heavy atom. The van der Waals surface area contributed by atoms with Crippen molar-refractivity contribution in [2.24, 2.45) is 39.8 Å². The summed E-state index contributed by atoms with van der Waals surface area (Å²) in [6.07, 6.45) is 5.96. The predicted octanol–water partition coefficient (Wildman–Crippen LogP) is -0.740. The van der Waals surface area contributed by atoms with Gasteiger partial charge >= 0.3 is 5.97 Å². The summed E-state index contributed by atoms with van der Waals surface area (Å²) in [4.78, 5) is 81.8. The molecular formula is C34H52N10O7. The average Bonchev–Trinajstić information content (AvgIpc) is 3.09. The molecule has 14 N–H and O–H groups in total. The molecule has 1 aromatic rings. The van der Waals surface area contributed by atoms with Crippen LogP contribution in [-0.2, 0) is 35.2 Å². The van der Waals surface area contributed by atoms with E-state index >= 15 is 0 Å². The second-order valence-electron chi connectivity index (χ2n) is 12.6. The standard InChI is InChI=1S/C34H52N10O7/c1-2-16-40-30(48)23(18-21-10-12-22(13-11-21)28(35)36)31(49)42-25(14-15-27(45)46)33(51)43-24(9-6-17-41-34(38)39)32(50)44-26(29(37)47)19-20-7-4-3-5-8-20/h2,10-13,20,23-26H,1,3-9,14-19H2,(H3,35,36)(H2,37,47)(H,40,48)(H,42,49)(H,43,51)(H,44,50)(H,45,46)(H4,38,39,41)/t23?,24-,25-,26-/m0/s1. The Labute approximate surface area is 297 Å². The summed E-state index contributed by atoms with van der Waals surface area (Å²) in [5, 5.41) is 27.3. The van der Waals surface area contributed by atoms with Crippen molar-refractivity contribution < 1.29 is 33.9 Å². The van der Waals surface area contributed by atoms with Gasteiger partial charge in [-0.2, -0.15) is 0 Å². The molecule has 0 saturated heterocycles. The second kappa shape index (κ2) is 21.6. The number of rotatable bonds is 22. The molecule has 280 valence electrons. The number of carboxylic acids is 1. The molecule has 0 aliphatic heterocycles. The maximum absolute atomic E-state index is 13.7. The Morgan fingerprint density at radius 1 is 0.863 bits per heavy atom. The first-order valence-corrected chi connectivity index (χ1v) is 17.0. The molecule has 2 rings (SSSR count). The second-order valence-corrected chi connectivity index (χ2v) is 12.6. The van der Waals surface area contributed by atoms with Crippen molar-refractivity contribution in [1.82, 2.24) is 21.3 Å². The van der Waals surface area contributed by atoms with E-state index in [0.717, 1.165) is 32.1 Å². The van der Waals surface area contributed by atoms with Crippen molar-refractivity contribution in [2.45, 2.75) is 88.8 Å². The van der Waals surface area contributed by atoms with E-state index in [1.165, 1.54) is 6.08 Å². The van der Waals surface area contributed by atoms with E-state index in [0.29, 0.717) is 17.5 Å². The normalized spacial score (nSPS) is 15.1. The molecular weight excluding hydrogens is 660 g/mol. The number of carboxylic acid groups (broad SMARTS) is 1. The number of carbonyl (C=O) groups excluding carboxylic acids is 5. The van der Waals surface area contributed by atoms with E-state index in [2.05, 4.69) is 32.8 Å². The van der Waals surface area contributed by atoms with Crippen molar-refractivity contribution in [2.75, 3.05) is 13.1 Å². The number of aliphatic carboxylic acids is 1. The van der Waals surface area contributed by atoms with Crippen LogP contribution in [0.5, 0.6) is 0 Å². The quantitative estimate of drug-likeness (QED) is 0.0236. The maximum atomic E-state index is 13.7. The fourth-order valence-electron chi connectivity index (χ4n) is 5.78. The summed E-state index contributed by atoms with van der Waals surface area (Å²) in [6, 6.07) is 2.64. The van der Waals surface area contributed by atoms with Gasteiger partial charge in [-0.25, -0.2) is 0 Å². The summed E-state index contributed by atoms with van der Waals surface area (Å²) >= 11 is 0. The number of guanidine groups is 1. The van der Waals surface area contributed by atoms with Gasteiger partial charge in [-0.3, -0.25) is 39.2 Å². The Hall–Kier alpha value is -5.48. The number of aliphatic imine (C=N–C) groups is 1. The van der Waals surface area contributed by atoms with Gasteiger partial charge in [0, 0.05) is 25.1 Å². The van der Waals surface area contributed by atoms with Gasteiger partial charge in [0.1, 0.15) is 29.9 Å². The van der Waals surface area contributed by atoms with Crippen LogP contribution in [0.3, 0.4) is 0 Å². The molecule has 17 heteroatoms. The number of nitrogens with zero attached hydrogens (tertiary/aromatic N) is 1. The van der Waals surface area contributed by atoms with Gasteiger partial charge in [0.05, 0.1) is 0 Å². The van der Waals surface area contributed by atoms with Gasteiger partial charge in [0.25, 0.3) is 0 Å². The van der Waals surface area contributed by atoms with Crippen LogP contribution in [0.25, 0.3) is 0 Å². The van der Waals surface area contributed by atoms with Crippen LogP contribution in [0.4, 0.5) is 0 Å². The molecule has 0 spiro atoms. The van der Waals surface area contributed by atoms with Gasteiger partial charge in [-0.05, 0) is 43.6 Å². The van der Waals surface area contributed by atoms with E-state index < -0.39 is 66.0 Å². The minimum absolute atomic E-state index is 0.0195. The number of primary amides is 1. The highest BCUT2D eigenvalue weighted by Gasteiger charge is 2.33. The van der Waals surface area contributed by atoms with Crippen LogP contribution in [0.2, 0.25) is 0 Å². The van der Waals surface area contributed by atoms with Crippen LogP contribution >= 0.6 is 0 Å². The van der Waals surface area contributed by atoms with Crippen molar-refractivity contribution >= 4 is 47.3 Å². The summed E-state index contributed by atoms with van der Waals surface area (Å²) < 4.78 is 0. The lowest BCUT2D eigenvalue weighted by Gasteiger charge is -2.28. The Morgan fingerprint density at radius 3 is 2.00 bits per heavy atom. The minimum Gasteiger partial charge on any atom is -0.481 e. The maximum Gasteiger partial charge on any atom is 0.303 e. The monoisotopic (exact) mass is 712 g/mol. The third-order valence-corrected chi connectivity index (χ3v) is 8.57. The highest BCUT2D eigenvalue weighted by molar-refractivity contribution is 6.02. The Kier molecular flexibility index (Phi) is 17.6. The van der Waals surface area contributed by atoms with Crippen LogP contribution in [0, 0.1) is 17.2 Å². The minimum atomic E-state index is -1.47. The van der Waals surface area contributed by atoms with Crippen LogP contribution < -0.4 is 44.2 Å². The van der Waals surface area contributed by atoms with Crippen LogP contribution in [0.1, 0.15) is 75.3 Å². The van der Waals surface area contributed by atoms with E-state index in [9.17, 15) is 33.9 Å². The number of hydrogen-bond donors (Lipinski definition) is 10. The average molecular weight is 713 g/mol. The number of benzene rings is 1. The first-order valence-electron chi connectivity index (χ1n) is 17.0. The number of nitrogens with one attached hydrogen (secondary N) is 5. The van der Waals surface area contributed by atoms with Gasteiger partial charge < -0.3 is 49.3 Å². The number of hydrogen-bond acceptors (Lipinski definition) is 8. The largest absolute Gasteiger partial charge is 0.481 e. The number of carbonyl (C=O) groups is 6. The van der Waals surface area contributed by atoms with Crippen molar-refractivity contribution in [1.29, 1.82) is 5.41 Å². The van der Waals surface area contributed by atoms with E-state index in [1.54, 1.807) is 24.3 Å². The Bertz CT molecular complexity index is 1420. The van der Waals surface area contributed by atoms with Crippen molar-refractivity contribution in [3.8, 4) is 0 Å². The van der Waals surface area contributed by atoms with Crippen LogP contribution in [0.15, 0.2) is 41.9 Å². The zero-order chi connectivity index (χ0) is 37.9. The molecule has 1 aliphatic rings. The van der Waals surface area contributed by atoms with E-state index in [-0.39, 0.29) is 56.5 Å². The zero-order valence-electron chi connectivity index (χ0n) is 28.8. The first kappa shape index (κ1) is 41.7. The lowest BCUT2D eigenvalue weighted by Crippen LogP contribution is -2.57. The van der Waals surface area contributed by atoms with Gasteiger partial charge in [0.2, 0.25) is 29.5 Å². The molecule has 5 amide bonds. The zero-order valence-corrected chi connectivity index (χ0v) is 28.8. The van der Waals surface area contributed by atoms with Gasteiger partial charge in [0.15, 0.2) is 5.96 Å². The number of nitrogen functional groups attached to an aromatic ring is 1. The fraction of sp³-hybridized carbons (Fsp3) is 0.529. The number of amides is 5.